The summed E-state index contributed by atoms with van der Waals surface area (Å²) in [7, 11) is 0. The van der Waals surface area contributed by atoms with E-state index in [4.69, 9.17) is 0 Å². The second kappa shape index (κ2) is 8.71. The topological polar surface area (TPSA) is 64.0 Å². The van der Waals surface area contributed by atoms with Crippen molar-refractivity contribution in [2.45, 2.75) is 47.1 Å². The van der Waals surface area contributed by atoms with Crippen LogP contribution in [0.3, 0.4) is 0 Å². The molecule has 0 aliphatic rings. The second-order valence-electron chi connectivity index (χ2n) is 8.29. The van der Waals surface area contributed by atoms with Crippen molar-refractivity contribution >= 4 is 33.1 Å². The number of amides is 1. The third-order valence-electron chi connectivity index (χ3n) is 5.95. The molecule has 5 nitrogen and oxygen atoms in total. The number of rotatable bonds is 5. The van der Waals surface area contributed by atoms with Crippen LogP contribution in [0.1, 0.15) is 41.6 Å². The van der Waals surface area contributed by atoms with Crippen molar-refractivity contribution in [3.8, 4) is 11.1 Å². The largest absolute Gasteiger partial charge is 0.324 e. The lowest BCUT2D eigenvalue weighted by atomic mass is 9.99. The van der Waals surface area contributed by atoms with Crippen LogP contribution in [-0.2, 0) is 4.79 Å². The van der Waals surface area contributed by atoms with Crippen LogP contribution in [0.4, 0.5) is 5.69 Å². The fourth-order valence-electron chi connectivity index (χ4n) is 4.21. The lowest BCUT2D eigenvalue weighted by molar-refractivity contribution is -0.119. The minimum atomic E-state index is -0.648. The number of benzene rings is 2. The first-order chi connectivity index (χ1) is 15.3. The summed E-state index contributed by atoms with van der Waals surface area (Å²) < 4.78 is 1.48. The lowest BCUT2D eigenvalue weighted by Crippen LogP contribution is -2.33. The number of nitrogens with one attached hydrogen (secondary N) is 1. The van der Waals surface area contributed by atoms with Crippen molar-refractivity contribution in [1.82, 2.24) is 9.55 Å². The van der Waals surface area contributed by atoms with Gasteiger partial charge in [-0.15, -0.1) is 11.3 Å². The van der Waals surface area contributed by atoms with E-state index >= 15 is 0 Å². The molecule has 6 heteroatoms. The van der Waals surface area contributed by atoms with Crippen LogP contribution in [0, 0.1) is 27.7 Å². The first-order valence-electron chi connectivity index (χ1n) is 10.7. The Bertz CT molecular complexity index is 1360. The van der Waals surface area contributed by atoms with Crippen molar-refractivity contribution in [3.63, 3.8) is 0 Å². The van der Waals surface area contributed by atoms with Crippen LogP contribution in [-0.4, -0.2) is 15.5 Å². The minimum absolute atomic E-state index is 0.185. The monoisotopic (exact) mass is 445 g/mol. The smallest absolute Gasteiger partial charge is 0.263 e. The molecule has 32 heavy (non-hydrogen) atoms. The maximum Gasteiger partial charge on any atom is 0.263 e. The number of hydrogen-bond donors (Lipinski definition) is 1. The summed E-state index contributed by atoms with van der Waals surface area (Å²) in [5.74, 6) is -0.212. The van der Waals surface area contributed by atoms with E-state index in [-0.39, 0.29) is 11.5 Å². The van der Waals surface area contributed by atoms with E-state index in [0.29, 0.717) is 16.6 Å². The molecule has 1 atom stereocenters. The van der Waals surface area contributed by atoms with Crippen molar-refractivity contribution in [2.24, 2.45) is 0 Å². The molecule has 1 unspecified atom stereocenters. The number of anilines is 1. The molecule has 2 aromatic heterocycles. The molecule has 164 valence electrons. The average Bonchev–Trinajstić information content (AvgIpc) is 3.18. The fraction of sp³-hybridized carbons (Fsp3) is 0.269. The van der Waals surface area contributed by atoms with Gasteiger partial charge in [-0.3, -0.25) is 14.2 Å². The standard InChI is InChI=1S/C26H27N3O2S/c1-6-21(24(30)28-23-16(3)8-7-9-17(23)4)29-14-27-25-22(26(29)31)20(13-32-25)19-11-10-15(2)12-18(19)5/h7-14,21H,6H2,1-5H3,(H,28,30). The second-order valence-corrected chi connectivity index (χ2v) is 9.14. The molecule has 4 aromatic rings. The molecule has 0 radical (unpaired) electrons. The summed E-state index contributed by atoms with van der Waals surface area (Å²) >= 11 is 1.45. The maximum atomic E-state index is 13.6. The van der Waals surface area contributed by atoms with Gasteiger partial charge in [-0.05, 0) is 56.4 Å². The Kier molecular flexibility index (Phi) is 5.98. The molecule has 1 amide bonds. The average molecular weight is 446 g/mol. The highest BCUT2D eigenvalue weighted by molar-refractivity contribution is 7.17. The van der Waals surface area contributed by atoms with E-state index in [1.165, 1.54) is 27.8 Å². The van der Waals surface area contributed by atoms with Gasteiger partial charge in [0, 0.05) is 16.6 Å². The van der Waals surface area contributed by atoms with E-state index in [1.807, 2.05) is 63.4 Å². The number of nitrogens with zero attached hydrogens (tertiary/aromatic N) is 2. The highest BCUT2D eigenvalue weighted by Crippen LogP contribution is 2.33. The van der Waals surface area contributed by atoms with Crippen LogP contribution in [0.2, 0.25) is 0 Å². The van der Waals surface area contributed by atoms with Gasteiger partial charge < -0.3 is 5.32 Å². The Balaban J connectivity index is 1.79. The van der Waals surface area contributed by atoms with Crippen LogP contribution >= 0.6 is 11.3 Å². The number of carbonyl (C=O) groups excluding carboxylic acids is 1. The molecule has 0 bridgehead atoms. The molecule has 1 N–H and O–H groups in total. The van der Waals surface area contributed by atoms with Crippen LogP contribution in [0.5, 0.6) is 0 Å². The summed E-state index contributed by atoms with van der Waals surface area (Å²) in [6.45, 7) is 9.94. The van der Waals surface area contributed by atoms with Gasteiger partial charge in [0.2, 0.25) is 5.91 Å². The van der Waals surface area contributed by atoms with E-state index < -0.39 is 6.04 Å². The normalized spacial score (nSPS) is 12.2. The van der Waals surface area contributed by atoms with Gasteiger partial charge in [-0.2, -0.15) is 0 Å². The van der Waals surface area contributed by atoms with E-state index in [0.717, 1.165) is 33.5 Å². The molecule has 0 spiro atoms. The number of aryl methyl sites for hydroxylation is 4. The zero-order valence-electron chi connectivity index (χ0n) is 19.0. The highest BCUT2D eigenvalue weighted by atomic mass is 32.1. The third kappa shape index (κ3) is 3.86. The fourth-order valence-corrected chi connectivity index (χ4v) is 5.11. The Labute approximate surface area is 191 Å². The molecule has 0 aliphatic carbocycles. The van der Waals surface area contributed by atoms with Crippen LogP contribution in [0.15, 0.2) is 52.9 Å². The van der Waals surface area contributed by atoms with E-state index in [2.05, 4.69) is 23.3 Å². The van der Waals surface area contributed by atoms with Gasteiger partial charge in [0.05, 0.1) is 11.7 Å². The van der Waals surface area contributed by atoms with Gasteiger partial charge in [0.15, 0.2) is 0 Å². The summed E-state index contributed by atoms with van der Waals surface area (Å²) in [6, 6.07) is 11.5. The molecule has 4 rings (SSSR count). The number of para-hydroxylation sites is 1. The molecule has 0 fully saturated rings. The zero-order chi connectivity index (χ0) is 23.0. The lowest BCUT2D eigenvalue weighted by Gasteiger charge is -2.19. The number of hydrogen-bond acceptors (Lipinski definition) is 4. The SMILES string of the molecule is CCC(C(=O)Nc1c(C)cccc1C)n1cnc2scc(-c3ccc(C)cc3C)c2c1=O. The zero-order valence-corrected chi connectivity index (χ0v) is 19.8. The Morgan fingerprint density at radius 2 is 1.78 bits per heavy atom. The third-order valence-corrected chi connectivity index (χ3v) is 6.83. The Morgan fingerprint density at radius 1 is 1.06 bits per heavy atom. The molecule has 2 aromatic carbocycles. The maximum absolute atomic E-state index is 13.6. The first-order valence-corrected chi connectivity index (χ1v) is 11.6. The number of fused-ring (bicyclic) bond motifs is 1. The number of thiophene rings is 1. The molecule has 0 saturated carbocycles. The van der Waals surface area contributed by atoms with Crippen molar-refractivity contribution in [1.29, 1.82) is 0 Å². The van der Waals surface area contributed by atoms with Crippen molar-refractivity contribution in [3.05, 3.63) is 80.7 Å². The predicted molar refractivity (Wildman–Crippen MR) is 133 cm³/mol. The molecular formula is C26H27N3O2S. The quantitative estimate of drug-likeness (QED) is 0.413. The Hall–Kier alpha value is -3.25. The Morgan fingerprint density at radius 3 is 2.44 bits per heavy atom. The van der Waals surface area contributed by atoms with Gasteiger partial charge in [0.25, 0.3) is 5.56 Å². The summed E-state index contributed by atoms with van der Waals surface area (Å²) in [5, 5.41) is 5.59. The first kappa shape index (κ1) is 22.0. The molecule has 0 saturated heterocycles. The number of carbonyl (C=O) groups is 1. The summed E-state index contributed by atoms with van der Waals surface area (Å²) in [6.07, 6.45) is 1.98. The van der Waals surface area contributed by atoms with Crippen molar-refractivity contribution in [2.75, 3.05) is 5.32 Å². The highest BCUT2D eigenvalue weighted by Gasteiger charge is 2.24. The van der Waals surface area contributed by atoms with Gasteiger partial charge in [0.1, 0.15) is 10.9 Å². The van der Waals surface area contributed by atoms with Crippen LogP contribution in [0.25, 0.3) is 21.3 Å². The van der Waals surface area contributed by atoms with Crippen LogP contribution < -0.4 is 10.9 Å². The van der Waals surface area contributed by atoms with Gasteiger partial charge >= 0.3 is 0 Å². The van der Waals surface area contributed by atoms with E-state index in [1.54, 1.807) is 0 Å². The van der Waals surface area contributed by atoms with Crippen molar-refractivity contribution < 1.29 is 4.79 Å². The molecular weight excluding hydrogens is 418 g/mol. The summed E-state index contributed by atoms with van der Waals surface area (Å²) in [4.78, 5) is 32.0. The summed E-state index contributed by atoms with van der Waals surface area (Å²) in [5.41, 5.74) is 6.77. The van der Waals surface area contributed by atoms with Gasteiger partial charge in [-0.1, -0.05) is 48.9 Å². The van der Waals surface area contributed by atoms with E-state index in [9.17, 15) is 9.59 Å². The predicted octanol–water partition coefficient (Wildman–Crippen LogP) is 5.95. The molecule has 0 aliphatic heterocycles. The number of aromatic nitrogens is 2. The molecule has 2 heterocycles. The minimum Gasteiger partial charge on any atom is -0.324 e. The van der Waals surface area contributed by atoms with Gasteiger partial charge in [-0.25, -0.2) is 4.98 Å².